The first-order valence-corrected chi connectivity index (χ1v) is 13.9. The second-order valence-electron chi connectivity index (χ2n) is 10.4. The molecule has 0 amide bonds. The zero-order valence-electron chi connectivity index (χ0n) is 23.5. The Hall–Kier alpha value is -5.04. The molecule has 0 radical (unpaired) electrons. The molecule has 2 aliphatic rings. The maximum atomic E-state index is 5.55. The highest BCUT2D eigenvalue weighted by Crippen LogP contribution is 2.35. The lowest BCUT2D eigenvalue weighted by atomic mass is 9.97. The molecule has 3 aromatic heterocycles. The van der Waals surface area contributed by atoms with Crippen molar-refractivity contribution in [2.24, 2.45) is 0 Å². The van der Waals surface area contributed by atoms with Crippen LogP contribution in [-0.4, -0.2) is 34.2 Å². The maximum absolute atomic E-state index is 5.55. The first kappa shape index (κ1) is 25.9. The summed E-state index contributed by atoms with van der Waals surface area (Å²) in [4.78, 5) is 17.4. The van der Waals surface area contributed by atoms with Crippen LogP contribution < -0.4 is 0 Å². The first-order chi connectivity index (χ1) is 20.7. The number of hydrogen-bond acceptors (Lipinski definition) is 4. The summed E-state index contributed by atoms with van der Waals surface area (Å²) in [5.74, 6) is 0. The van der Waals surface area contributed by atoms with Crippen LogP contribution >= 0.6 is 0 Å². The largest absolute Gasteiger partial charge is 0.380 e. The standard InChI is InChI=1S/C36H30N4O2/c1-41-21-23-7-3-5-9-29(23)35-31-15-11-25(37-31)19-27-13-17-33(39-27)36(30-10-6-4-8-24(30)22-42-2)34-18-14-28(40-34)20-26-12-16-32(35)38-26/h3-20,37-38H,21-22H2,1-2H3. The minimum Gasteiger partial charge on any atom is -0.380 e. The third-order valence-corrected chi connectivity index (χ3v) is 7.57. The van der Waals surface area contributed by atoms with Gasteiger partial charge < -0.3 is 19.4 Å². The van der Waals surface area contributed by atoms with E-state index in [1.807, 2.05) is 18.2 Å². The molecule has 7 rings (SSSR count). The molecule has 5 heterocycles. The molecule has 6 heteroatoms. The Bertz CT molecular complexity index is 1940. The van der Waals surface area contributed by atoms with Gasteiger partial charge in [-0.05, 0) is 83.0 Å². The summed E-state index contributed by atoms with van der Waals surface area (Å²) in [6.45, 7) is 1.02. The quantitative estimate of drug-likeness (QED) is 0.218. The molecule has 8 bridgehead atoms. The molecule has 0 unspecified atom stereocenters. The second-order valence-corrected chi connectivity index (χ2v) is 10.4. The minimum atomic E-state index is 0.502. The number of nitrogens with one attached hydrogen (secondary N) is 2. The van der Waals surface area contributed by atoms with Gasteiger partial charge in [-0.25, -0.2) is 9.97 Å². The Morgan fingerprint density at radius 3 is 1.52 bits per heavy atom. The van der Waals surface area contributed by atoms with E-state index in [2.05, 4.69) is 101 Å². The van der Waals surface area contributed by atoms with Gasteiger partial charge in [0.2, 0.25) is 0 Å². The molecule has 6 nitrogen and oxygen atoms in total. The van der Waals surface area contributed by atoms with Gasteiger partial charge in [0, 0.05) is 47.4 Å². The number of fused-ring (bicyclic) bond motifs is 8. The summed E-state index contributed by atoms with van der Waals surface area (Å²) in [5.41, 5.74) is 13.9. The zero-order chi connectivity index (χ0) is 28.5. The molecule has 206 valence electrons. The van der Waals surface area contributed by atoms with Gasteiger partial charge in [-0.2, -0.15) is 0 Å². The maximum Gasteiger partial charge on any atom is 0.0737 e. The van der Waals surface area contributed by atoms with Crippen molar-refractivity contribution in [3.63, 3.8) is 0 Å². The summed E-state index contributed by atoms with van der Waals surface area (Å²) >= 11 is 0. The summed E-state index contributed by atoms with van der Waals surface area (Å²) in [6, 6.07) is 29.3. The van der Waals surface area contributed by atoms with Crippen LogP contribution in [0.4, 0.5) is 0 Å². The molecule has 2 aliphatic heterocycles. The highest BCUT2D eigenvalue weighted by Gasteiger charge is 2.17. The van der Waals surface area contributed by atoms with Crippen molar-refractivity contribution < 1.29 is 9.47 Å². The monoisotopic (exact) mass is 550 g/mol. The van der Waals surface area contributed by atoms with Crippen molar-refractivity contribution in [1.82, 2.24) is 19.9 Å². The minimum absolute atomic E-state index is 0.502. The molecule has 2 aromatic carbocycles. The van der Waals surface area contributed by atoms with Crippen LogP contribution in [0.3, 0.4) is 0 Å². The summed E-state index contributed by atoms with van der Waals surface area (Å²) in [6.07, 6.45) is 8.25. The average Bonchev–Trinajstić information content (AvgIpc) is 3.82. The number of aromatic nitrogens is 4. The van der Waals surface area contributed by atoms with E-state index in [-0.39, 0.29) is 0 Å². The normalized spacial score (nSPS) is 12.2. The Balaban J connectivity index is 1.55. The van der Waals surface area contributed by atoms with E-state index in [1.54, 1.807) is 14.2 Å². The van der Waals surface area contributed by atoms with Gasteiger partial charge in [-0.15, -0.1) is 0 Å². The van der Waals surface area contributed by atoms with Gasteiger partial charge in [0.05, 0.1) is 36.0 Å². The SMILES string of the molecule is COCc1ccccc1-c1c2nc(cc3ccc([nH]3)c(-c3ccccc3COC)c3ccc(cc4nc1C=C4)[nH]3)C=C2. The highest BCUT2D eigenvalue weighted by atomic mass is 16.5. The zero-order valence-corrected chi connectivity index (χ0v) is 23.5. The lowest BCUT2D eigenvalue weighted by Crippen LogP contribution is -1.96. The van der Waals surface area contributed by atoms with Crippen LogP contribution in [0.2, 0.25) is 0 Å². The van der Waals surface area contributed by atoms with Crippen molar-refractivity contribution >= 4 is 46.4 Å². The fraction of sp³-hybridized carbons (Fsp3) is 0.111. The molecule has 0 fully saturated rings. The smallest absolute Gasteiger partial charge is 0.0737 e. The summed E-state index contributed by atoms with van der Waals surface area (Å²) in [5, 5.41) is 0. The highest BCUT2D eigenvalue weighted by molar-refractivity contribution is 5.95. The molecular weight excluding hydrogens is 520 g/mol. The van der Waals surface area contributed by atoms with E-state index >= 15 is 0 Å². The van der Waals surface area contributed by atoms with Crippen LogP contribution in [0.1, 0.15) is 33.9 Å². The lowest BCUT2D eigenvalue weighted by molar-refractivity contribution is 0.185. The van der Waals surface area contributed by atoms with E-state index in [0.717, 1.165) is 78.2 Å². The first-order valence-electron chi connectivity index (χ1n) is 13.9. The topological polar surface area (TPSA) is 75.8 Å². The van der Waals surface area contributed by atoms with Gasteiger partial charge in [0.25, 0.3) is 0 Å². The predicted molar refractivity (Wildman–Crippen MR) is 171 cm³/mol. The Kier molecular flexibility index (Phi) is 6.84. The van der Waals surface area contributed by atoms with Crippen LogP contribution in [0.25, 0.3) is 68.6 Å². The van der Waals surface area contributed by atoms with Crippen molar-refractivity contribution in [2.45, 2.75) is 13.2 Å². The van der Waals surface area contributed by atoms with E-state index < -0.39 is 0 Å². The van der Waals surface area contributed by atoms with Gasteiger partial charge in [0.15, 0.2) is 0 Å². The number of hydrogen-bond donors (Lipinski definition) is 2. The molecular formula is C36H30N4O2. The third kappa shape index (κ3) is 4.87. The number of nitrogens with zero attached hydrogens (tertiary/aromatic N) is 2. The number of rotatable bonds is 6. The fourth-order valence-electron chi connectivity index (χ4n) is 5.73. The summed E-state index contributed by atoms with van der Waals surface area (Å²) in [7, 11) is 3.45. The van der Waals surface area contributed by atoms with Crippen molar-refractivity contribution in [3.05, 3.63) is 119 Å². The molecule has 0 aliphatic carbocycles. The molecule has 5 aromatic rings. The lowest BCUT2D eigenvalue weighted by Gasteiger charge is -2.11. The van der Waals surface area contributed by atoms with E-state index in [0.29, 0.717) is 13.2 Å². The van der Waals surface area contributed by atoms with Crippen LogP contribution in [0.5, 0.6) is 0 Å². The number of aromatic amines is 2. The van der Waals surface area contributed by atoms with E-state index in [4.69, 9.17) is 19.4 Å². The van der Waals surface area contributed by atoms with Crippen LogP contribution in [0.15, 0.2) is 84.9 Å². The Labute approximate surface area is 244 Å². The molecule has 0 saturated heterocycles. The second kappa shape index (κ2) is 11.1. The van der Waals surface area contributed by atoms with E-state index in [1.165, 1.54) is 0 Å². The van der Waals surface area contributed by atoms with Gasteiger partial charge >= 0.3 is 0 Å². The average molecular weight is 551 g/mol. The number of ether oxygens (including phenoxy) is 2. The molecule has 0 saturated carbocycles. The summed E-state index contributed by atoms with van der Waals surface area (Å²) < 4.78 is 11.1. The van der Waals surface area contributed by atoms with Crippen LogP contribution in [0, 0.1) is 0 Å². The molecule has 0 spiro atoms. The van der Waals surface area contributed by atoms with Crippen molar-refractivity contribution in [1.29, 1.82) is 0 Å². The number of methoxy groups -OCH3 is 2. The van der Waals surface area contributed by atoms with Gasteiger partial charge in [-0.3, -0.25) is 0 Å². The molecule has 0 atom stereocenters. The van der Waals surface area contributed by atoms with Gasteiger partial charge in [0.1, 0.15) is 0 Å². The van der Waals surface area contributed by atoms with Crippen LogP contribution in [-0.2, 0) is 22.7 Å². The Morgan fingerprint density at radius 2 is 1.02 bits per heavy atom. The van der Waals surface area contributed by atoms with Crippen molar-refractivity contribution in [3.8, 4) is 22.3 Å². The van der Waals surface area contributed by atoms with Gasteiger partial charge in [-0.1, -0.05) is 48.5 Å². The number of benzene rings is 2. The predicted octanol–water partition coefficient (Wildman–Crippen LogP) is 8.28. The number of H-pyrrole nitrogens is 2. The molecule has 2 N–H and O–H groups in total. The third-order valence-electron chi connectivity index (χ3n) is 7.57. The fourth-order valence-corrected chi connectivity index (χ4v) is 5.73. The Morgan fingerprint density at radius 1 is 0.548 bits per heavy atom. The molecule has 42 heavy (non-hydrogen) atoms. The van der Waals surface area contributed by atoms with E-state index in [9.17, 15) is 0 Å². The van der Waals surface area contributed by atoms with Crippen molar-refractivity contribution in [2.75, 3.05) is 14.2 Å².